The van der Waals surface area contributed by atoms with E-state index < -0.39 is 5.97 Å². The summed E-state index contributed by atoms with van der Waals surface area (Å²) in [5, 5.41) is 1.20. The number of allylic oxidation sites excluding steroid dienone is 1. The first-order valence-electron chi connectivity index (χ1n) is 3.47. The molecule has 0 bridgehead atoms. The molecule has 0 amide bonds. The maximum Gasteiger partial charge on any atom is 0.329 e. The zero-order chi connectivity index (χ0) is 10.0. The van der Waals surface area contributed by atoms with E-state index in [1.165, 1.54) is 23.7 Å². The molecule has 0 atom stereocenters. The molecule has 0 aliphatic carbocycles. The Hall–Kier alpha value is -0.460. The average Bonchev–Trinajstić information content (AvgIpc) is 2.31. The van der Waals surface area contributed by atoms with Gasteiger partial charge in [0.15, 0.2) is 9.31 Å². The van der Waals surface area contributed by atoms with E-state index >= 15 is 0 Å². The van der Waals surface area contributed by atoms with Crippen molar-refractivity contribution in [2.75, 3.05) is 0 Å². The largest absolute Gasteiger partial charge is 0.334 e. The van der Waals surface area contributed by atoms with E-state index in [1.807, 2.05) is 13.0 Å². The highest BCUT2D eigenvalue weighted by atomic mass is 32.2. The highest BCUT2D eigenvalue weighted by Gasteiger charge is 2.30. The van der Waals surface area contributed by atoms with Gasteiger partial charge in [-0.15, -0.1) is 5.06 Å². The molecule has 0 aromatic rings. The van der Waals surface area contributed by atoms with Crippen LogP contribution in [-0.4, -0.2) is 20.3 Å². The van der Waals surface area contributed by atoms with Crippen LogP contribution in [0, 0.1) is 0 Å². The van der Waals surface area contributed by atoms with Gasteiger partial charge in [-0.25, -0.2) is 4.79 Å². The molecule has 1 saturated heterocycles. The SMILES string of the molecule is C/C=C1/SC(=S)N(OC(C)=O)C1=S. The molecule has 1 aliphatic rings. The average molecular weight is 233 g/mol. The van der Waals surface area contributed by atoms with E-state index in [0.29, 0.717) is 9.31 Å². The van der Waals surface area contributed by atoms with Crippen molar-refractivity contribution in [3.8, 4) is 0 Å². The zero-order valence-corrected chi connectivity index (χ0v) is 9.52. The predicted octanol–water partition coefficient (Wildman–Crippen LogP) is 2.03. The molecule has 0 unspecified atom stereocenters. The molecule has 70 valence electrons. The summed E-state index contributed by atoms with van der Waals surface area (Å²) in [6.07, 6.45) is 1.84. The number of carbonyl (C=O) groups is 1. The molecule has 0 aromatic heterocycles. The van der Waals surface area contributed by atoms with Gasteiger partial charge < -0.3 is 4.84 Å². The van der Waals surface area contributed by atoms with Crippen LogP contribution in [0.1, 0.15) is 13.8 Å². The Kier molecular flexibility index (Phi) is 3.40. The second-order valence-electron chi connectivity index (χ2n) is 2.20. The van der Waals surface area contributed by atoms with Gasteiger partial charge in [0.05, 0.1) is 0 Å². The van der Waals surface area contributed by atoms with E-state index in [0.717, 1.165) is 4.91 Å². The van der Waals surface area contributed by atoms with Crippen LogP contribution >= 0.6 is 36.2 Å². The fraction of sp³-hybridized carbons (Fsp3) is 0.286. The molecular formula is C7H7NO2S3. The van der Waals surface area contributed by atoms with Crippen LogP contribution in [-0.2, 0) is 9.63 Å². The minimum atomic E-state index is -0.428. The van der Waals surface area contributed by atoms with Gasteiger partial charge in [0.25, 0.3) is 0 Å². The third-order valence-electron chi connectivity index (χ3n) is 1.24. The van der Waals surface area contributed by atoms with Crippen molar-refractivity contribution >= 4 is 51.5 Å². The molecular weight excluding hydrogens is 226 g/mol. The van der Waals surface area contributed by atoms with Crippen molar-refractivity contribution in [1.82, 2.24) is 5.06 Å². The van der Waals surface area contributed by atoms with Gasteiger partial charge in [0, 0.05) is 11.8 Å². The van der Waals surface area contributed by atoms with Gasteiger partial charge in [-0.3, -0.25) is 0 Å². The summed E-state index contributed by atoms with van der Waals surface area (Å²) in [5.41, 5.74) is 0. The van der Waals surface area contributed by atoms with E-state index in [-0.39, 0.29) is 0 Å². The summed E-state index contributed by atoms with van der Waals surface area (Å²) in [7, 11) is 0. The fourth-order valence-corrected chi connectivity index (χ4v) is 2.32. The monoisotopic (exact) mass is 233 g/mol. The molecule has 6 heteroatoms. The molecule has 1 aliphatic heterocycles. The van der Waals surface area contributed by atoms with Crippen LogP contribution in [0.4, 0.5) is 0 Å². The van der Waals surface area contributed by atoms with Gasteiger partial charge in [0.1, 0.15) is 0 Å². The summed E-state index contributed by atoms with van der Waals surface area (Å²) in [4.78, 5) is 16.8. The smallest absolute Gasteiger partial charge is 0.329 e. The Labute approximate surface area is 91.1 Å². The van der Waals surface area contributed by atoms with Crippen LogP contribution in [0.3, 0.4) is 0 Å². The first-order valence-corrected chi connectivity index (χ1v) is 5.10. The molecule has 0 saturated carbocycles. The van der Waals surface area contributed by atoms with E-state index in [9.17, 15) is 4.79 Å². The van der Waals surface area contributed by atoms with Crippen LogP contribution < -0.4 is 0 Å². The standard InChI is InChI=1S/C7H7NO2S3/c1-3-5-6(11)8(7(12)13-5)10-4(2)9/h3H,1-2H3/b5-3+. The van der Waals surface area contributed by atoms with Crippen LogP contribution in [0.2, 0.25) is 0 Å². The Morgan fingerprint density at radius 2 is 2.23 bits per heavy atom. The van der Waals surface area contributed by atoms with Crippen molar-refractivity contribution in [2.24, 2.45) is 0 Å². The fourth-order valence-electron chi connectivity index (χ4n) is 0.752. The Morgan fingerprint density at radius 3 is 2.62 bits per heavy atom. The first-order chi connectivity index (χ1) is 6.06. The minimum absolute atomic E-state index is 0.428. The van der Waals surface area contributed by atoms with Crippen LogP contribution in [0.5, 0.6) is 0 Å². The summed E-state index contributed by atoms with van der Waals surface area (Å²) in [5.74, 6) is -0.428. The van der Waals surface area contributed by atoms with Crippen LogP contribution in [0.25, 0.3) is 0 Å². The third-order valence-corrected chi connectivity index (χ3v) is 3.16. The summed E-state index contributed by atoms with van der Waals surface area (Å²) in [6, 6.07) is 0. The quantitative estimate of drug-likeness (QED) is 0.508. The molecule has 1 heterocycles. The molecule has 0 N–H and O–H groups in total. The maximum absolute atomic E-state index is 10.7. The lowest BCUT2D eigenvalue weighted by molar-refractivity contribution is -0.158. The normalized spacial score (nSPS) is 19.8. The number of hydroxylamine groups is 2. The van der Waals surface area contributed by atoms with E-state index in [1.54, 1.807) is 0 Å². The number of hydrogen-bond donors (Lipinski definition) is 0. The zero-order valence-electron chi connectivity index (χ0n) is 7.07. The summed E-state index contributed by atoms with van der Waals surface area (Å²) >= 11 is 11.3. The molecule has 0 radical (unpaired) electrons. The Bertz CT molecular complexity index is 311. The minimum Gasteiger partial charge on any atom is -0.334 e. The highest BCUT2D eigenvalue weighted by molar-refractivity contribution is 8.27. The van der Waals surface area contributed by atoms with Gasteiger partial charge in [-0.2, -0.15) is 0 Å². The van der Waals surface area contributed by atoms with Crippen molar-refractivity contribution in [2.45, 2.75) is 13.8 Å². The van der Waals surface area contributed by atoms with Crippen molar-refractivity contribution in [3.05, 3.63) is 11.0 Å². The second-order valence-corrected chi connectivity index (χ2v) is 4.27. The summed E-state index contributed by atoms with van der Waals surface area (Å²) in [6.45, 7) is 3.16. The summed E-state index contributed by atoms with van der Waals surface area (Å²) < 4.78 is 0.452. The third kappa shape index (κ3) is 2.26. The lowest BCUT2D eigenvalue weighted by Gasteiger charge is -2.13. The maximum atomic E-state index is 10.7. The van der Waals surface area contributed by atoms with Gasteiger partial charge in [0.2, 0.25) is 0 Å². The lowest BCUT2D eigenvalue weighted by Crippen LogP contribution is -2.29. The second kappa shape index (κ2) is 4.17. The number of carbonyl (C=O) groups excluding carboxylic acids is 1. The van der Waals surface area contributed by atoms with E-state index in [2.05, 4.69) is 0 Å². The number of rotatable bonds is 1. The van der Waals surface area contributed by atoms with Crippen LogP contribution in [0.15, 0.2) is 11.0 Å². The van der Waals surface area contributed by atoms with Gasteiger partial charge in [-0.1, -0.05) is 30.1 Å². The number of nitrogens with zero attached hydrogens (tertiary/aromatic N) is 1. The molecule has 3 nitrogen and oxygen atoms in total. The first kappa shape index (κ1) is 10.6. The van der Waals surface area contributed by atoms with Gasteiger partial charge in [-0.05, 0) is 19.1 Å². The Balaban J connectivity index is 2.82. The molecule has 1 fully saturated rings. The predicted molar refractivity (Wildman–Crippen MR) is 60.1 cm³/mol. The van der Waals surface area contributed by atoms with E-state index in [4.69, 9.17) is 29.3 Å². The molecule has 0 aromatic carbocycles. The van der Waals surface area contributed by atoms with Gasteiger partial charge >= 0.3 is 5.97 Å². The number of hydrogen-bond acceptors (Lipinski definition) is 5. The highest BCUT2D eigenvalue weighted by Crippen LogP contribution is 2.31. The molecule has 0 spiro atoms. The Morgan fingerprint density at radius 1 is 1.62 bits per heavy atom. The van der Waals surface area contributed by atoms with Crippen molar-refractivity contribution in [1.29, 1.82) is 0 Å². The topological polar surface area (TPSA) is 29.5 Å². The van der Waals surface area contributed by atoms with Crippen molar-refractivity contribution in [3.63, 3.8) is 0 Å². The lowest BCUT2D eigenvalue weighted by atomic mass is 10.5. The number of thiocarbonyl (C=S) groups is 2. The number of thioether (sulfide) groups is 1. The van der Waals surface area contributed by atoms with Crippen molar-refractivity contribution < 1.29 is 9.63 Å². The molecule has 1 rings (SSSR count). The molecule has 13 heavy (non-hydrogen) atoms.